The molecule has 136 valence electrons. The molecule has 27 heavy (non-hydrogen) atoms. The lowest BCUT2D eigenvalue weighted by molar-refractivity contribution is 0.355. The van der Waals surface area contributed by atoms with Gasteiger partial charge in [0.1, 0.15) is 0 Å². The lowest BCUT2D eigenvalue weighted by Gasteiger charge is -2.08. The smallest absolute Gasteiger partial charge is 0.298 e. The van der Waals surface area contributed by atoms with Crippen LogP contribution in [-0.4, -0.2) is 28.2 Å². The molecule has 0 aliphatic carbocycles. The van der Waals surface area contributed by atoms with Gasteiger partial charge in [-0.15, -0.1) is 0 Å². The summed E-state index contributed by atoms with van der Waals surface area (Å²) in [6.45, 7) is 0. The summed E-state index contributed by atoms with van der Waals surface area (Å²) >= 11 is 5.93. The molecule has 2 aromatic carbocycles. The number of hydrogen-bond donors (Lipinski definition) is 0. The Balaban J connectivity index is 1.82. The third-order valence-electron chi connectivity index (χ3n) is 4.30. The molecule has 0 aliphatic rings. The van der Waals surface area contributed by atoms with Gasteiger partial charge in [-0.3, -0.25) is 9.36 Å². The van der Waals surface area contributed by atoms with E-state index in [1.54, 1.807) is 55.3 Å². The van der Waals surface area contributed by atoms with Gasteiger partial charge >= 0.3 is 0 Å². The number of imidazole rings is 1. The Morgan fingerprint density at radius 2 is 1.70 bits per heavy atom. The van der Waals surface area contributed by atoms with Crippen LogP contribution in [0.5, 0.6) is 11.5 Å². The number of hydrogen-bond acceptors (Lipinski definition) is 4. The summed E-state index contributed by atoms with van der Waals surface area (Å²) in [7, 11) is 3.16. The van der Waals surface area contributed by atoms with Crippen LogP contribution in [-0.2, 0) is 0 Å². The zero-order valence-corrected chi connectivity index (χ0v) is 15.5. The summed E-state index contributed by atoms with van der Waals surface area (Å²) < 4.78 is 13.9. The summed E-state index contributed by atoms with van der Waals surface area (Å²) in [5.41, 5.74) is 2.34. The van der Waals surface area contributed by atoms with Crippen LogP contribution < -0.4 is 15.0 Å². The van der Waals surface area contributed by atoms with Crippen molar-refractivity contribution in [3.05, 3.63) is 76.4 Å². The summed E-state index contributed by atoms with van der Waals surface area (Å²) in [5.74, 6) is 1.24. The summed E-state index contributed by atoms with van der Waals surface area (Å²) in [6, 6.07) is 12.6. The molecule has 0 N–H and O–H groups in total. The maximum Gasteiger partial charge on any atom is 0.298 e. The second-order valence-electron chi connectivity index (χ2n) is 5.88. The van der Waals surface area contributed by atoms with Crippen LogP contribution >= 0.6 is 11.6 Å². The first-order chi connectivity index (χ1) is 13.1. The van der Waals surface area contributed by atoms with Crippen molar-refractivity contribution in [3.63, 3.8) is 0 Å². The van der Waals surface area contributed by atoms with Crippen molar-refractivity contribution >= 4 is 17.2 Å². The zero-order valence-electron chi connectivity index (χ0n) is 14.7. The fourth-order valence-electron chi connectivity index (χ4n) is 2.92. The maximum absolute atomic E-state index is 12.9. The van der Waals surface area contributed by atoms with Crippen molar-refractivity contribution in [2.75, 3.05) is 14.2 Å². The highest BCUT2D eigenvalue weighted by Gasteiger charge is 2.12. The van der Waals surface area contributed by atoms with E-state index in [-0.39, 0.29) is 5.56 Å². The molecule has 7 heteroatoms. The molecule has 0 fully saturated rings. The fraction of sp³-hybridized carbons (Fsp3) is 0.100. The van der Waals surface area contributed by atoms with Gasteiger partial charge in [0, 0.05) is 34.9 Å². The molecule has 0 unspecified atom stereocenters. The lowest BCUT2D eigenvalue weighted by Crippen LogP contribution is -2.19. The van der Waals surface area contributed by atoms with Gasteiger partial charge in [0.05, 0.1) is 19.9 Å². The number of methoxy groups -OCH3 is 2. The van der Waals surface area contributed by atoms with E-state index in [1.165, 1.54) is 4.57 Å². The molecular weight excluding hydrogens is 366 g/mol. The van der Waals surface area contributed by atoms with Gasteiger partial charge in [0.2, 0.25) is 5.65 Å². The van der Waals surface area contributed by atoms with E-state index in [2.05, 4.69) is 4.98 Å². The lowest BCUT2D eigenvalue weighted by atomic mass is 10.1. The quantitative estimate of drug-likeness (QED) is 0.539. The van der Waals surface area contributed by atoms with Gasteiger partial charge in [0.25, 0.3) is 5.56 Å². The average molecular weight is 382 g/mol. The summed E-state index contributed by atoms with van der Waals surface area (Å²) in [6.07, 6.45) is 5.31. The molecule has 0 saturated heterocycles. The Morgan fingerprint density at radius 3 is 2.41 bits per heavy atom. The average Bonchev–Trinajstić information content (AvgIpc) is 3.14. The number of aromatic nitrogens is 3. The van der Waals surface area contributed by atoms with Gasteiger partial charge < -0.3 is 13.9 Å². The Kier molecular flexibility index (Phi) is 4.33. The highest BCUT2D eigenvalue weighted by atomic mass is 35.5. The third kappa shape index (κ3) is 3.04. The molecule has 0 spiro atoms. The van der Waals surface area contributed by atoms with Crippen molar-refractivity contribution in [3.8, 4) is 28.4 Å². The number of rotatable bonds is 4. The molecule has 0 saturated carbocycles. The molecule has 0 bridgehead atoms. The topological polar surface area (TPSA) is 57.8 Å². The minimum Gasteiger partial charge on any atom is -0.493 e. The number of halogens is 1. The first kappa shape index (κ1) is 17.2. The van der Waals surface area contributed by atoms with Crippen LogP contribution in [0.2, 0.25) is 5.02 Å². The molecule has 0 amide bonds. The van der Waals surface area contributed by atoms with Crippen LogP contribution in [0, 0.1) is 0 Å². The number of ether oxygens (including phenoxy) is 2. The van der Waals surface area contributed by atoms with E-state index in [9.17, 15) is 4.79 Å². The Morgan fingerprint density at radius 1 is 0.963 bits per heavy atom. The predicted octanol–water partition coefficient (Wildman–Crippen LogP) is 3.82. The minimum atomic E-state index is -0.216. The van der Waals surface area contributed by atoms with Crippen molar-refractivity contribution in [2.45, 2.75) is 0 Å². The van der Waals surface area contributed by atoms with Gasteiger partial charge in [-0.25, -0.2) is 4.98 Å². The van der Waals surface area contributed by atoms with Crippen LogP contribution in [0.3, 0.4) is 0 Å². The van der Waals surface area contributed by atoms with Crippen molar-refractivity contribution in [1.29, 1.82) is 0 Å². The highest BCUT2D eigenvalue weighted by molar-refractivity contribution is 6.30. The third-order valence-corrected chi connectivity index (χ3v) is 4.55. The largest absolute Gasteiger partial charge is 0.493 e. The highest BCUT2D eigenvalue weighted by Crippen LogP contribution is 2.31. The van der Waals surface area contributed by atoms with Crippen LogP contribution in [0.1, 0.15) is 0 Å². The van der Waals surface area contributed by atoms with Crippen molar-refractivity contribution in [2.24, 2.45) is 0 Å². The van der Waals surface area contributed by atoms with E-state index in [4.69, 9.17) is 21.1 Å². The molecule has 2 heterocycles. The Labute approximate surface area is 160 Å². The summed E-state index contributed by atoms with van der Waals surface area (Å²) in [4.78, 5) is 17.4. The standard InChI is InChI=1S/C20H16ClN3O3/c1-26-17-8-3-13(11-18(17)27-2)16-12-23-9-10-24(20(25)19(23)22-16)15-6-4-14(21)5-7-15/h3-12H,1-2H3. The molecule has 6 nitrogen and oxygen atoms in total. The Hall–Kier alpha value is -3.25. The first-order valence-corrected chi connectivity index (χ1v) is 8.57. The SMILES string of the molecule is COc1ccc(-c2cn3ccn(-c4ccc(Cl)cc4)c(=O)c3n2)cc1OC. The Bertz CT molecular complexity index is 1180. The maximum atomic E-state index is 12.9. The molecule has 4 rings (SSSR count). The molecule has 0 aliphatic heterocycles. The van der Waals surface area contributed by atoms with Gasteiger partial charge in [0.15, 0.2) is 11.5 Å². The normalized spacial score (nSPS) is 10.9. The van der Waals surface area contributed by atoms with E-state index >= 15 is 0 Å². The van der Waals surface area contributed by atoms with Crippen LogP contribution in [0.25, 0.3) is 22.6 Å². The van der Waals surface area contributed by atoms with E-state index in [0.717, 1.165) is 11.3 Å². The predicted molar refractivity (Wildman–Crippen MR) is 104 cm³/mol. The van der Waals surface area contributed by atoms with Crippen molar-refractivity contribution in [1.82, 2.24) is 14.0 Å². The van der Waals surface area contributed by atoms with Gasteiger partial charge in [-0.05, 0) is 42.5 Å². The number of benzene rings is 2. The number of fused-ring (bicyclic) bond motifs is 1. The number of nitrogens with zero attached hydrogens (tertiary/aromatic N) is 3. The molecule has 0 radical (unpaired) electrons. The van der Waals surface area contributed by atoms with E-state index in [0.29, 0.717) is 27.9 Å². The molecule has 4 aromatic rings. The molecule has 2 aromatic heterocycles. The van der Waals surface area contributed by atoms with Crippen molar-refractivity contribution < 1.29 is 9.47 Å². The minimum absolute atomic E-state index is 0.216. The zero-order chi connectivity index (χ0) is 19.0. The van der Waals surface area contributed by atoms with Gasteiger partial charge in [-0.2, -0.15) is 0 Å². The first-order valence-electron chi connectivity index (χ1n) is 8.19. The second kappa shape index (κ2) is 6.81. The van der Waals surface area contributed by atoms with E-state index in [1.807, 2.05) is 24.4 Å². The van der Waals surface area contributed by atoms with Gasteiger partial charge in [-0.1, -0.05) is 11.6 Å². The second-order valence-corrected chi connectivity index (χ2v) is 6.31. The summed E-state index contributed by atoms with van der Waals surface area (Å²) in [5, 5.41) is 0.615. The van der Waals surface area contributed by atoms with Crippen LogP contribution in [0.15, 0.2) is 65.8 Å². The monoisotopic (exact) mass is 381 g/mol. The van der Waals surface area contributed by atoms with Crippen LogP contribution in [0.4, 0.5) is 0 Å². The molecular formula is C20H16ClN3O3. The fourth-order valence-corrected chi connectivity index (χ4v) is 3.05. The molecule has 0 atom stereocenters. The van der Waals surface area contributed by atoms with E-state index < -0.39 is 0 Å².